The van der Waals surface area contributed by atoms with E-state index in [0.717, 1.165) is 32.4 Å². The van der Waals surface area contributed by atoms with Crippen LogP contribution in [0, 0.1) is 5.92 Å². The number of aliphatic hydroxyl groups is 1. The van der Waals surface area contributed by atoms with Gasteiger partial charge < -0.3 is 15.3 Å². The fourth-order valence-corrected chi connectivity index (χ4v) is 2.69. The summed E-state index contributed by atoms with van der Waals surface area (Å²) in [6, 6.07) is 0.673. The quantitative estimate of drug-likeness (QED) is 0.717. The maximum Gasteiger partial charge on any atom is 0.236 e. The van der Waals surface area contributed by atoms with Gasteiger partial charge in [0.15, 0.2) is 0 Å². The van der Waals surface area contributed by atoms with Gasteiger partial charge in [-0.3, -0.25) is 9.69 Å². The van der Waals surface area contributed by atoms with Crippen LogP contribution in [0.2, 0.25) is 0 Å². The number of nitrogens with one attached hydrogen (secondary N) is 1. The molecule has 1 amide bonds. The molecule has 0 spiro atoms. The molecule has 5 nitrogen and oxygen atoms in total. The molecule has 0 aliphatic carbocycles. The van der Waals surface area contributed by atoms with Gasteiger partial charge in [-0.25, -0.2) is 0 Å². The van der Waals surface area contributed by atoms with E-state index < -0.39 is 0 Å². The minimum absolute atomic E-state index is 0.171. The molecule has 0 saturated carbocycles. The fourth-order valence-electron chi connectivity index (χ4n) is 2.69. The van der Waals surface area contributed by atoms with Crippen LogP contribution in [-0.2, 0) is 4.79 Å². The Kier molecular flexibility index (Phi) is 7.48. The number of nitrogens with zero attached hydrogens (tertiary/aromatic N) is 2. The van der Waals surface area contributed by atoms with E-state index >= 15 is 0 Å². The van der Waals surface area contributed by atoms with E-state index in [1.54, 1.807) is 19.0 Å². The van der Waals surface area contributed by atoms with Crippen LogP contribution in [-0.4, -0.2) is 73.2 Å². The molecular formula is C15H31N3O2. The zero-order valence-corrected chi connectivity index (χ0v) is 13.4. The first-order chi connectivity index (χ1) is 9.42. The Morgan fingerprint density at radius 1 is 1.35 bits per heavy atom. The number of amides is 1. The molecule has 0 aromatic carbocycles. The molecule has 1 aliphatic heterocycles. The predicted molar refractivity (Wildman–Crippen MR) is 81.6 cm³/mol. The third-order valence-corrected chi connectivity index (χ3v) is 3.89. The number of likely N-dealkylation sites (tertiary alicyclic amines) is 1. The second-order valence-corrected chi connectivity index (χ2v) is 6.51. The molecule has 2 N–H and O–H groups in total. The molecule has 1 saturated heterocycles. The summed E-state index contributed by atoms with van der Waals surface area (Å²) in [5.41, 5.74) is 0. The summed E-state index contributed by atoms with van der Waals surface area (Å²) >= 11 is 0. The van der Waals surface area contributed by atoms with Crippen LogP contribution in [0.5, 0.6) is 0 Å². The standard InChI is InChI=1S/C15H31N3O2/c1-12(2)9-14(11-19)16-13-5-7-18(8-6-13)10-15(20)17(3)4/h12-14,16,19H,5-11H2,1-4H3. The molecule has 118 valence electrons. The highest BCUT2D eigenvalue weighted by Crippen LogP contribution is 2.13. The minimum Gasteiger partial charge on any atom is -0.395 e. The lowest BCUT2D eigenvalue weighted by Crippen LogP contribution is -2.49. The first-order valence-electron chi connectivity index (χ1n) is 7.71. The summed E-state index contributed by atoms with van der Waals surface area (Å²) in [6.07, 6.45) is 3.11. The number of rotatable bonds is 7. The van der Waals surface area contributed by atoms with E-state index in [1.807, 2.05) is 0 Å². The van der Waals surface area contributed by atoms with Gasteiger partial charge in [0.05, 0.1) is 13.2 Å². The Morgan fingerprint density at radius 2 is 1.95 bits per heavy atom. The third-order valence-electron chi connectivity index (χ3n) is 3.89. The Hall–Kier alpha value is -0.650. The van der Waals surface area contributed by atoms with Crippen molar-refractivity contribution in [3.63, 3.8) is 0 Å². The zero-order valence-electron chi connectivity index (χ0n) is 13.4. The maximum absolute atomic E-state index is 11.7. The summed E-state index contributed by atoms with van der Waals surface area (Å²) in [5.74, 6) is 0.766. The smallest absolute Gasteiger partial charge is 0.236 e. The number of hydrogen-bond acceptors (Lipinski definition) is 4. The van der Waals surface area contributed by atoms with E-state index in [-0.39, 0.29) is 18.6 Å². The lowest BCUT2D eigenvalue weighted by molar-refractivity contribution is -0.130. The fraction of sp³-hybridized carbons (Fsp3) is 0.933. The molecule has 0 aromatic heterocycles. The SMILES string of the molecule is CC(C)CC(CO)NC1CCN(CC(=O)N(C)C)CC1. The van der Waals surface area contributed by atoms with E-state index in [9.17, 15) is 9.90 Å². The average Bonchev–Trinajstić information content (AvgIpc) is 2.39. The van der Waals surface area contributed by atoms with Crippen molar-refractivity contribution in [2.75, 3.05) is 40.3 Å². The van der Waals surface area contributed by atoms with Gasteiger partial charge in [-0.05, 0) is 25.2 Å². The minimum atomic E-state index is 0.171. The van der Waals surface area contributed by atoms with Gasteiger partial charge in [-0.1, -0.05) is 13.8 Å². The largest absolute Gasteiger partial charge is 0.395 e. The molecule has 1 aliphatic rings. The van der Waals surface area contributed by atoms with Crippen LogP contribution < -0.4 is 5.32 Å². The summed E-state index contributed by atoms with van der Waals surface area (Å²) < 4.78 is 0. The molecule has 0 radical (unpaired) electrons. The summed E-state index contributed by atoms with van der Waals surface area (Å²) in [4.78, 5) is 15.5. The highest BCUT2D eigenvalue weighted by atomic mass is 16.3. The Balaban J connectivity index is 2.29. The highest BCUT2D eigenvalue weighted by molar-refractivity contribution is 5.77. The topological polar surface area (TPSA) is 55.8 Å². The molecule has 0 aromatic rings. The number of piperidine rings is 1. The second-order valence-electron chi connectivity index (χ2n) is 6.51. The normalized spacial score (nSPS) is 19.3. The Morgan fingerprint density at radius 3 is 2.40 bits per heavy atom. The van der Waals surface area contributed by atoms with Crippen LogP contribution >= 0.6 is 0 Å². The third kappa shape index (κ3) is 6.20. The molecule has 1 rings (SSSR count). The predicted octanol–water partition coefficient (Wildman–Crippen LogP) is 0.536. The van der Waals surface area contributed by atoms with Crippen molar-refractivity contribution in [3.8, 4) is 0 Å². The van der Waals surface area contributed by atoms with Gasteiger partial charge in [0.25, 0.3) is 0 Å². The van der Waals surface area contributed by atoms with Gasteiger partial charge >= 0.3 is 0 Å². The molecule has 1 atom stereocenters. The van der Waals surface area contributed by atoms with Gasteiger partial charge in [0, 0.05) is 39.3 Å². The first kappa shape index (κ1) is 17.4. The molecular weight excluding hydrogens is 254 g/mol. The maximum atomic E-state index is 11.7. The Bertz CT molecular complexity index is 287. The lowest BCUT2D eigenvalue weighted by Gasteiger charge is -2.34. The number of carbonyl (C=O) groups is 1. The van der Waals surface area contributed by atoms with Crippen LogP contribution in [0.15, 0.2) is 0 Å². The van der Waals surface area contributed by atoms with Crippen molar-refractivity contribution in [1.82, 2.24) is 15.1 Å². The highest BCUT2D eigenvalue weighted by Gasteiger charge is 2.23. The summed E-state index contributed by atoms with van der Waals surface area (Å²) in [7, 11) is 3.60. The van der Waals surface area contributed by atoms with Crippen molar-refractivity contribution in [1.29, 1.82) is 0 Å². The van der Waals surface area contributed by atoms with Gasteiger partial charge in [-0.15, -0.1) is 0 Å². The molecule has 1 fully saturated rings. The van der Waals surface area contributed by atoms with Crippen LogP contribution in [0.25, 0.3) is 0 Å². The average molecular weight is 285 g/mol. The monoisotopic (exact) mass is 285 g/mol. The zero-order chi connectivity index (χ0) is 15.1. The van der Waals surface area contributed by atoms with Crippen molar-refractivity contribution < 1.29 is 9.90 Å². The number of aliphatic hydroxyl groups excluding tert-OH is 1. The molecule has 0 bridgehead atoms. The van der Waals surface area contributed by atoms with Gasteiger partial charge in [-0.2, -0.15) is 0 Å². The van der Waals surface area contributed by atoms with Gasteiger partial charge in [0.1, 0.15) is 0 Å². The van der Waals surface area contributed by atoms with Crippen molar-refractivity contribution in [3.05, 3.63) is 0 Å². The van der Waals surface area contributed by atoms with Crippen molar-refractivity contribution in [2.45, 2.75) is 45.2 Å². The number of likely N-dealkylation sites (N-methyl/N-ethyl adjacent to an activating group) is 1. The Labute approximate surface area is 123 Å². The summed E-state index contributed by atoms with van der Waals surface area (Å²) in [5, 5.41) is 13.0. The van der Waals surface area contributed by atoms with E-state index in [0.29, 0.717) is 18.5 Å². The molecule has 1 unspecified atom stereocenters. The van der Waals surface area contributed by atoms with Crippen LogP contribution in [0.4, 0.5) is 0 Å². The van der Waals surface area contributed by atoms with Crippen LogP contribution in [0.3, 0.4) is 0 Å². The molecule has 20 heavy (non-hydrogen) atoms. The van der Waals surface area contributed by atoms with Crippen LogP contribution in [0.1, 0.15) is 33.1 Å². The summed E-state index contributed by atoms with van der Waals surface area (Å²) in [6.45, 7) is 7.00. The lowest BCUT2D eigenvalue weighted by atomic mass is 10.00. The van der Waals surface area contributed by atoms with E-state index in [2.05, 4.69) is 24.1 Å². The molecule has 5 heteroatoms. The number of hydrogen-bond donors (Lipinski definition) is 2. The molecule has 1 heterocycles. The van der Waals surface area contributed by atoms with E-state index in [4.69, 9.17) is 0 Å². The van der Waals surface area contributed by atoms with Crippen molar-refractivity contribution in [2.24, 2.45) is 5.92 Å². The first-order valence-corrected chi connectivity index (χ1v) is 7.71. The van der Waals surface area contributed by atoms with Gasteiger partial charge in [0.2, 0.25) is 5.91 Å². The van der Waals surface area contributed by atoms with Crippen molar-refractivity contribution >= 4 is 5.91 Å². The second kappa shape index (κ2) is 8.60. The number of carbonyl (C=O) groups excluding carboxylic acids is 1. The van der Waals surface area contributed by atoms with E-state index in [1.165, 1.54) is 0 Å².